The van der Waals surface area contributed by atoms with Gasteiger partial charge in [-0.05, 0) is 62.7 Å². The number of methoxy groups -OCH3 is 1. The minimum atomic E-state index is -0.463. The van der Waals surface area contributed by atoms with Gasteiger partial charge in [0.1, 0.15) is 18.1 Å². The average Bonchev–Trinajstić information content (AvgIpc) is 2.99. The van der Waals surface area contributed by atoms with Crippen molar-refractivity contribution >= 4 is 5.97 Å². The highest BCUT2D eigenvalue weighted by Crippen LogP contribution is 2.28. The van der Waals surface area contributed by atoms with Crippen molar-refractivity contribution in [3.63, 3.8) is 0 Å². The second-order valence-electron chi connectivity index (χ2n) is 6.16. The van der Waals surface area contributed by atoms with Crippen molar-refractivity contribution in [1.29, 1.82) is 0 Å². The predicted octanol–water partition coefficient (Wildman–Crippen LogP) is 4.41. The second-order valence-corrected chi connectivity index (χ2v) is 6.16. The summed E-state index contributed by atoms with van der Waals surface area (Å²) in [5.41, 5.74) is 3.17. The number of aryl methyl sites for hydroxylation is 3. The molecular weight excluding hydrogens is 346 g/mol. The Kier molecular flexibility index (Phi) is 5.45. The number of ether oxygens (including phenoxy) is 3. The lowest BCUT2D eigenvalue weighted by Crippen LogP contribution is -2.09. The number of benzene rings is 2. The summed E-state index contributed by atoms with van der Waals surface area (Å²) < 4.78 is 21.6. The van der Waals surface area contributed by atoms with E-state index < -0.39 is 5.97 Å². The molecule has 6 nitrogen and oxygen atoms in total. The Morgan fingerprint density at radius 1 is 1.04 bits per heavy atom. The van der Waals surface area contributed by atoms with Crippen molar-refractivity contribution in [3.05, 3.63) is 70.6 Å². The van der Waals surface area contributed by atoms with Crippen LogP contribution in [-0.4, -0.2) is 18.2 Å². The molecule has 0 N–H and O–H groups in total. The maximum Gasteiger partial charge on any atom is 0.343 e. The van der Waals surface area contributed by atoms with Crippen molar-refractivity contribution in [2.24, 2.45) is 0 Å². The molecule has 0 aliphatic heterocycles. The Morgan fingerprint density at radius 2 is 1.78 bits per heavy atom. The molecule has 0 saturated heterocycles. The molecule has 0 bridgehead atoms. The summed E-state index contributed by atoms with van der Waals surface area (Å²) >= 11 is 0. The molecule has 2 aromatic carbocycles. The Bertz CT molecular complexity index is 924. The van der Waals surface area contributed by atoms with E-state index in [1.54, 1.807) is 30.3 Å². The van der Waals surface area contributed by atoms with Crippen LogP contribution in [0.2, 0.25) is 0 Å². The van der Waals surface area contributed by atoms with Crippen molar-refractivity contribution in [2.45, 2.75) is 27.4 Å². The van der Waals surface area contributed by atoms with Crippen LogP contribution in [0.3, 0.4) is 0 Å². The normalized spacial score (nSPS) is 10.5. The lowest BCUT2D eigenvalue weighted by atomic mass is 10.2. The zero-order valence-electron chi connectivity index (χ0n) is 15.7. The molecule has 0 unspecified atom stereocenters. The molecule has 3 rings (SSSR count). The third-order valence-electron chi connectivity index (χ3n) is 4.18. The zero-order valence-corrected chi connectivity index (χ0v) is 15.7. The summed E-state index contributed by atoms with van der Waals surface area (Å²) in [5, 5.41) is 3.90. The molecule has 1 heterocycles. The Hall–Kier alpha value is -3.28. The molecule has 0 aliphatic carbocycles. The highest BCUT2D eigenvalue weighted by Gasteiger charge is 2.13. The van der Waals surface area contributed by atoms with Gasteiger partial charge in [0.15, 0.2) is 11.5 Å². The highest BCUT2D eigenvalue weighted by molar-refractivity contribution is 5.91. The van der Waals surface area contributed by atoms with Crippen LogP contribution < -0.4 is 14.2 Å². The Labute approximate surface area is 157 Å². The standard InChI is InChI=1S/C21H21NO5/c1-13-5-10-19(20(11-13)24-4)26-21(23)16-6-8-17(9-7-16)25-12-18-14(2)22-27-15(18)3/h5-11H,12H2,1-4H3. The number of carbonyl (C=O) groups excluding carboxylic acids is 1. The third-order valence-corrected chi connectivity index (χ3v) is 4.18. The van der Waals surface area contributed by atoms with Crippen LogP contribution in [0.1, 0.15) is 32.9 Å². The lowest BCUT2D eigenvalue weighted by molar-refractivity contribution is 0.0729. The van der Waals surface area contributed by atoms with Gasteiger partial charge in [0, 0.05) is 0 Å². The van der Waals surface area contributed by atoms with E-state index in [2.05, 4.69) is 5.16 Å². The van der Waals surface area contributed by atoms with E-state index in [4.69, 9.17) is 18.7 Å². The molecule has 6 heteroatoms. The largest absolute Gasteiger partial charge is 0.493 e. The summed E-state index contributed by atoms with van der Waals surface area (Å²) in [6.45, 7) is 6.01. The van der Waals surface area contributed by atoms with E-state index in [-0.39, 0.29) is 0 Å². The van der Waals surface area contributed by atoms with Crippen LogP contribution in [-0.2, 0) is 6.61 Å². The van der Waals surface area contributed by atoms with E-state index >= 15 is 0 Å². The van der Waals surface area contributed by atoms with Gasteiger partial charge in [-0.3, -0.25) is 0 Å². The molecule has 0 spiro atoms. The first-order valence-corrected chi connectivity index (χ1v) is 8.49. The molecule has 27 heavy (non-hydrogen) atoms. The van der Waals surface area contributed by atoms with Gasteiger partial charge in [-0.2, -0.15) is 0 Å². The lowest BCUT2D eigenvalue weighted by Gasteiger charge is -2.10. The van der Waals surface area contributed by atoms with E-state index in [1.165, 1.54) is 7.11 Å². The first-order chi connectivity index (χ1) is 13.0. The summed E-state index contributed by atoms with van der Waals surface area (Å²) in [5.74, 6) is 1.81. The van der Waals surface area contributed by atoms with E-state index in [0.29, 0.717) is 29.4 Å². The van der Waals surface area contributed by atoms with Crippen molar-refractivity contribution in [3.8, 4) is 17.2 Å². The van der Waals surface area contributed by atoms with Crippen LogP contribution in [0, 0.1) is 20.8 Å². The fourth-order valence-electron chi connectivity index (χ4n) is 2.57. The summed E-state index contributed by atoms with van der Waals surface area (Å²) in [4.78, 5) is 12.4. The molecule has 0 amide bonds. The smallest absolute Gasteiger partial charge is 0.343 e. The number of esters is 1. The second kappa shape index (κ2) is 7.95. The number of carbonyl (C=O) groups is 1. The minimum Gasteiger partial charge on any atom is -0.493 e. The van der Waals surface area contributed by atoms with Gasteiger partial charge in [-0.1, -0.05) is 11.2 Å². The van der Waals surface area contributed by atoms with Crippen LogP contribution in [0.4, 0.5) is 0 Å². The van der Waals surface area contributed by atoms with Gasteiger partial charge in [0.2, 0.25) is 0 Å². The molecular formula is C21H21NO5. The Balaban J connectivity index is 1.65. The van der Waals surface area contributed by atoms with Crippen LogP contribution in [0.25, 0.3) is 0 Å². The molecule has 3 aromatic rings. The number of rotatable bonds is 6. The monoisotopic (exact) mass is 367 g/mol. The molecule has 0 aliphatic rings. The van der Waals surface area contributed by atoms with Gasteiger partial charge in [0.05, 0.1) is 23.9 Å². The molecule has 0 saturated carbocycles. The molecule has 0 atom stereocenters. The van der Waals surface area contributed by atoms with Crippen molar-refractivity contribution < 1.29 is 23.5 Å². The maximum absolute atomic E-state index is 12.4. The summed E-state index contributed by atoms with van der Waals surface area (Å²) in [7, 11) is 1.54. The fourth-order valence-corrected chi connectivity index (χ4v) is 2.57. The Morgan fingerprint density at radius 3 is 2.41 bits per heavy atom. The SMILES string of the molecule is COc1cc(C)ccc1OC(=O)c1ccc(OCc2c(C)noc2C)cc1. The summed E-state index contributed by atoms with van der Waals surface area (Å²) in [6, 6.07) is 12.2. The van der Waals surface area contributed by atoms with Crippen molar-refractivity contribution in [2.75, 3.05) is 7.11 Å². The van der Waals surface area contributed by atoms with Gasteiger partial charge in [-0.15, -0.1) is 0 Å². The van der Waals surface area contributed by atoms with Gasteiger partial charge >= 0.3 is 5.97 Å². The van der Waals surface area contributed by atoms with Crippen LogP contribution >= 0.6 is 0 Å². The molecule has 140 valence electrons. The first-order valence-electron chi connectivity index (χ1n) is 8.49. The van der Waals surface area contributed by atoms with E-state index in [1.807, 2.05) is 32.9 Å². The van der Waals surface area contributed by atoms with Gasteiger partial charge < -0.3 is 18.7 Å². The van der Waals surface area contributed by atoms with E-state index in [0.717, 1.165) is 22.6 Å². The van der Waals surface area contributed by atoms with Crippen LogP contribution in [0.5, 0.6) is 17.2 Å². The zero-order chi connectivity index (χ0) is 19.4. The molecule has 0 radical (unpaired) electrons. The maximum atomic E-state index is 12.4. The van der Waals surface area contributed by atoms with Gasteiger partial charge in [0.25, 0.3) is 0 Å². The topological polar surface area (TPSA) is 70.8 Å². The fraction of sp³-hybridized carbons (Fsp3) is 0.238. The summed E-state index contributed by atoms with van der Waals surface area (Å²) in [6.07, 6.45) is 0. The highest BCUT2D eigenvalue weighted by atomic mass is 16.6. The van der Waals surface area contributed by atoms with Crippen LogP contribution in [0.15, 0.2) is 47.0 Å². The number of hydrogen-bond acceptors (Lipinski definition) is 6. The predicted molar refractivity (Wildman–Crippen MR) is 99.4 cm³/mol. The molecule has 0 fully saturated rings. The average molecular weight is 367 g/mol. The number of aromatic nitrogens is 1. The number of hydrogen-bond donors (Lipinski definition) is 0. The van der Waals surface area contributed by atoms with Crippen molar-refractivity contribution in [1.82, 2.24) is 5.16 Å². The number of nitrogens with zero attached hydrogens (tertiary/aromatic N) is 1. The van der Waals surface area contributed by atoms with Gasteiger partial charge in [-0.25, -0.2) is 4.79 Å². The molecule has 1 aromatic heterocycles. The van der Waals surface area contributed by atoms with E-state index in [9.17, 15) is 4.79 Å². The quantitative estimate of drug-likeness (QED) is 0.475. The third kappa shape index (κ3) is 4.28. The first kappa shape index (κ1) is 18.5. The minimum absolute atomic E-state index is 0.353.